The second-order valence-electron chi connectivity index (χ2n) is 8.68. The van der Waals surface area contributed by atoms with Crippen LogP contribution < -0.4 is 15.5 Å². The molecule has 0 amide bonds. The van der Waals surface area contributed by atoms with Crippen LogP contribution in [0.15, 0.2) is 35.3 Å². The van der Waals surface area contributed by atoms with Crippen molar-refractivity contribution in [3.8, 4) is 0 Å². The van der Waals surface area contributed by atoms with Crippen molar-refractivity contribution in [1.29, 1.82) is 0 Å². The van der Waals surface area contributed by atoms with E-state index in [1.807, 2.05) is 0 Å². The number of hydrogen-bond acceptors (Lipinski definition) is 4. The molecular weight excluding hydrogens is 489 g/mol. The van der Waals surface area contributed by atoms with E-state index in [9.17, 15) is 0 Å². The second-order valence-corrected chi connectivity index (χ2v) is 8.68. The first-order chi connectivity index (χ1) is 14.1. The number of rotatable bonds is 8. The predicted molar refractivity (Wildman–Crippen MR) is 137 cm³/mol. The molecule has 3 rings (SSSR count). The molecule has 0 aromatic heterocycles. The van der Waals surface area contributed by atoms with Gasteiger partial charge in [0.05, 0.1) is 12.7 Å². The number of benzene rings is 1. The Morgan fingerprint density at radius 2 is 1.97 bits per heavy atom. The van der Waals surface area contributed by atoms with Gasteiger partial charge in [-0.05, 0) is 37.3 Å². The van der Waals surface area contributed by atoms with E-state index in [1.54, 1.807) is 0 Å². The fourth-order valence-electron chi connectivity index (χ4n) is 4.21. The molecule has 0 radical (unpaired) electrons. The smallest absolute Gasteiger partial charge is 0.191 e. The normalized spacial score (nSPS) is 22.8. The second kappa shape index (κ2) is 13.4. The van der Waals surface area contributed by atoms with Crippen molar-refractivity contribution in [2.45, 2.75) is 33.3 Å². The van der Waals surface area contributed by atoms with E-state index < -0.39 is 0 Å². The van der Waals surface area contributed by atoms with Crippen molar-refractivity contribution in [2.24, 2.45) is 16.8 Å². The lowest BCUT2D eigenvalue weighted by Gasteiger charge is -2.34. The van der Waals surface area contributed by atoms with Gasteiger partial charge in [-0.25, -0.2) is 0 Å². The Morgan fingerprint density at radius 1 is 1.17 bits per heavy atom. The van der Waals surface area contributed by atoms with Crippen LogP contribution in [-0.2, 0) is 4.74 Å². The van der Waals surface area contributed by atoms with Crippen molar-refractivity contribution in [1.82, 2.24) is 15.5 Å². The SMILES string of the molecule is CCNC(=NCC1CCN(c2ccccc2)C1)NCC1CN(CC(C)C)CCO1.I. The molecule has 170 valence electrons. The van der Waals surface area contributed by atoms with E-state index in [0.29, 0.717) is 11.8 Å². The minimum Gasteiger partial charge on any atom is -0.374 e. The molecule has 2 atom stereocenters. The molecule has 2 unspecified atom stereocenters. The Labute approximate surface area is 199 Å². The largest absolute Gasteiger partial charge is 0.374 e. The Morgan fingerprint density at radius 3 is 2.70 bits per heavy atom. The van der Waals surface area contributed by atoms with Crippen molar-refractivity contribution in [3.05, 3.63) is 30.3 Å². The van der Waals surface area contributed by atoms with E-state index in [-0.39, 0.29) is 30.1 Å². The van der Waals surface area contributed by atoms with Gasteiger partial charge in [-0.1, -0.05) is 32.0 Å². The first-order valence-electron chi connectivity index (χ1n) is 11.3. The van der Waals surface area contributed by atoms with Crippen LogP contribution in [0, 0.1) is 11.8 Å². The molecule has 1 aromatic carbocycles. The van der Waals surface area contributed by atoms with E-state index in [2.05, 4.69) is 71.5 Å². The van der Waals surface area contributed by atoms with Crippen molar-refractivity contribution in [3.63, 3.8) is 0 Å². The number of para-hydroxylation sites is 1. The summed E-state index contributed by atoms with van der Waals surface area (Å²) in [4.78, 5) is 9.86. The number of aliphatic imine (C=N–C) groups is 1. The average molecular weight is 530 g/mol. The molecule has 7 heteroatoms. The van der Waals surface area contributed by atoms with Crippen LogP contribution in [0.4, 0.5) is 5.69 Å². The fraction of sp³-hybridized carbons (Fsp3) is 0.696. The van der Waals surface area contributed by atoms with Crippen LogP contribution in [0.1, 0.15) is 27.2 Å². The van der Waals surface area contributed by atoms with Gasteiger partial charge in [0.2, 0.25) is 0 Å². The summed E-state index contributed by atoms with van der Waals surface area (Å²) in [6.07, 6.45) is 1.43. The number of nitrogens with one attached hydrogen (secondary N) is 2. The van der Waals surface area contributed by atoms with Crippen LogP contribution in [0.25, 0.3) is 0 Å². The quantitative estimate of drug-likeness (QED) is 0.308. The summed E-state index contributed by atoms with van der Waals surface area (Å²) in [6.45, 7) is 15.4. The van der Waals surface area contributed by atoms with E-state index >= 15 is 0 Å². The molecule has 30 heavy (non-hydrogen) atoms. The van der Waals surface area contributed by atoms with Crippen LogP contribution in [0.3, 0.4) is 0 Å². The number of anilines is 1. The number of halogens is 1. The number of ether oxygens (including phenoxy) is 1. The summed E-state index contributed by atoms with van der Waals surface area (Å²) in [6, 6.07) is 10.7. The molecule has 0 saturated carbocycles. The fourth-order valence-corrected chi connectivity index (χ4v) is 4.21. The van der Waals surface area contributed by atoms with Crippen LogP contribution >= 0.6 is 24.0 Å². The van der Waals surface area contributed by atoms with Gasteiger partial charge in [-0.15, -0.1) is 24.0 Å². The molecule has 2 fully saturated rings. The first-order valence-corrected chi connectivity index (χ1v) is 11.3. The highest BCUT2D eigenvalue weighted by Crippen LogP contribution is 2.23. The zero-order chi connectivity index (χ0) is 20.5. The first kappa shape index (κ1) is 25.2. The van der Waals surface area contributed by atoms with E-state index in [4.69, 9.17) is 9.73 Å². The molecule has 0 bridgehead atoms. The summed E-state index contributed by atoms with van der Waals surface area (Å²) in [5.74, 6) is 2.22. The van der Waals surface area contributed by atoms with Crippen LogP contribution in [-0.4, -0.2) is 75.9 Å². The van der Waals surface area contributed by atoms with Crippen molar-refractivity contribution < 1.29 is 4.74 Å². The zero-order valence-electron chi connectivity index (χ0n) is 18.8. The summed E-state index contributed by atoms with van der Waals surface area (Å²) in [5.41, 5.74) is 1.32. The lowest BCUT2D eigenvalue weighted by atomic mass is 10.1. The number of morpholine rings is 1. The molecule has 6 nitrogen and oxygen atoms in total. The molecule has 0 spiro atoms. The van der Waals surface area contributed by atoms with Gasteiger partial charge in [0.1, 0.15) is 0 Å². The molecule has 2 saturated heterocycles. The van der Waals surface area contributed by atoms with Gasteiger partial charge >= 0.3 is 0 Å². The van der Waals surface area contributed by atoms with E-state index in [0.717, 1.165) is 64.9 Å². The summed E-state index contributed by atoms with van der Waals surface area (Å²) >= 11 is 0. The number of nitrogens with zero attached hydrogens (tertiary/aromatic N) is 3. The van der Waals surface area contributed by atoms with Gasteiger partial charge in [-0.3, -0.25) is 9.89 Å². The summed E-state index contributed by atoms with van der Waals surface area (Å²) in [5, 5.41) is 6.89. The molecule has 2 N–H and O–H groups in total. The molecule has 2 aliphatic heterocycles. The maximum absolute atomic E-state index is 5.97. The van der Waals surface area contributed by atoms with Crippen molar-refractivity contribution >= 4 is 35.6 Å². The van der Waals surface area contributed by atoms with Gasteiger partial charge < -0.3 is 20.3 Å². The van der Waals surface area contributed by atoms with Crippen LogP contribution in [0.2, 0.25) is 0 Å². The Balaban J connectivity index is 0.00000320. The number of guanidine groups is 1. The molecular formula is C23H40IN5O. The standard InChI is InChI=1S/C23H39N5O.HI/c1-4-24-23(26-15-22-18-27(12-13-29-22)16-19(2)3)25-14-20-10-11-28(17-20)21-8-6-5-7-9-21;/h5-9,19-20,22H,4,10-18H2,1-3H3,(H2,24,25,26);1H. The van der Waals surface area contributed by atoms with Gasteiger partial charge in [-0.2, -0.15) is 0 Å². The maximum atomic E-state index is 5.97. The monoisotopic (exact) mass is 529 g/mol. The summed E-state index contributed by atoms with van der Waals surface area (Å²) < 4.78 is 5.97. The number of hydrogen-bond donors (Lipinski definition) is 2. The molecule has 0 aliphatic carbocycles. The highest BCUT2D eigenvalue weighted by Gasteiger charge is 2.23. The van der Waals surface area contributed by atoms with Crippen molar-refractivity contribution in [2.75, 3.05) is 63.9 Å². The lowest BCUT2D eigenvalue weighted by molar-refractivity contribution is -0.0284. The van der Waals surface area contributed by atoms with Gasteiger partial charge in [0, 0.05) is 58.0 Å². The minimum absolute atomic E-state index is 0. The highest BCUT2D eigenvalue weighted by atomic mass is 127. The highest BCUT2D eigenvalue weighted by molar-refractivity contribution is 14.0. The zero-order valence-corrected chi connectivity index (χ0v) is 21.2. The Bertz CT molecular complexity index is 627. The Kier molecular flexibility index (Phi) is 11.2. The maximum Gasteiger partial charge on any atom is 0.191 e. The van der Waals surface area contributed by atoms with Gasteiger partial charge in [0.15, 0.2) is 5.96 Å². The third-order valence-electron chi connectivity index (χ3n) is 5.60. The molecule has 1 aromatic rings. The summed E-state index contributed by atoms with van der Waals surface area (Å²) in [7, 11) is 0. The average Bonchev–Trinajstić information content (AvgIpc) is 3.20. The predicted octanol–water partition coefficient (Wildman–Crippen LogP) is 3.04. The lowest BCUT2D eigenvalue weighted by Crippen LogP contribution is -2.50. The van der Waals surface area contributed by atoms with Gasteiger partial charge in [0.25, 0.3) is 0 Å². The third-order valence-corrected chi connectivity index (χ3v) is 5.60. The molecule has 2 heterocycles. The van der Waals surface area contributed by atoms with E-state index in [1.165, 1.54) is 12.1 Å². The minimum atomic E-state index is 0. The Hall–Kier alpha value is -1.06. The van der Waals surface area contributed by atoms with Crippen LogP contribution in [0.5, 0.6) is 0 Å². The molecule has 2 aliphatic rings. The topological polar surface area (TPSA) is 52.1 Å². The third kappa shape index (κ3) is 8.23.